The van der Waals surface area contributed by atoms with E-state index in [1.807, 2.05) is 11.8 Å². The molecule has 0 aromatic heterocycles. The van der Waals surface area contributed by atoms with E-state index < -0.39 is 0 Å². The summed E-state index contributed by atoms with van der Waals surface area (Å²) in [5.74, 6) is 1.18. The second-order valence-electron chi connectivity index (χ2n) is 5.15. The van der Waals surface area contributed by atoms with E-state index in [1.54, 1.807) is 0 Å². The molecule has 3 rings (SSSR count). The van der Waals surface area contributed by atoms with Crippen molar-refractivity contribution in [1.29, 1.82) is 0 Å². The van der Waals surface area contributed by atoms with Crippen molar-refractivity contribution in [2.45, 2.75) is 32.4 Å². The average Bonchev–Trinajstić information content (AvgIpc) is 2.53. The predicted octanol–water partition coefficient (Wildman–Crippen LogP) is 4.20. The number of benzene rings is 2. The smallest absolute Gasteiger partial charge is 0.157 e. The van der Waals surface area contributed by atoms with Gasteiger partial charge in [0, 0.05) is 11.8 Å². The summed E-state index contributed by atoms with van der Waals surface area (Å²) in [6, 6.07) is 15.6. The van der Waals surface area contributed by atoms with E-state index in [2.05, 4.69) is 54.7 Å². The van der Waals surface area contributed by atoms with Crippen LogP contribution in [0.5, 0.6) is 0 Å². The lowest BCUT2D eigenvalue weighted by atomic mass is 10.1. The molecule has 1 atom stereocenters. The summed E-state index contributed by atoms with van der Waals surface area (Å²) in [6.45, 7) is 2.99. The van der Waals surface area contributed by atoms with Crippen molar-refractivity contribution in [2.75, 3.05) is 5.75 Å². The predicted molar refractivity (Wildman–Crippen MR) is 89.4 cm³/mol. The number of nitrogens with zero attached hydrogens (tertiary/aromatic N) is 1. The number of aliphatic imine (C=N–C) groups is 1. The Morgan fingerprint density at radius 1 is 1.20 bits per heavy atom. The average molecular weight is 284 g/mol. The molecule has 1 fully saturated rings. The minimum atomic E-state index is 0.600. The van der Waals surface area contributed by atoms with Gasteiger partial charge in [-0.3, -0.25) is 4.99 Å². The third-order valence-electron chi connectivity index (χ3n) is 3.80. The second-order valence-corrected chi connectivity index (χ2v) is 6.23. The van der Waals surface area contributed by atoms with Crippen molar-refractivity contribution < 1.29 is 0 Å². The van der Waals surface area contributed by atoms with Gasteiger partial charge < -0.3 is 5.32 Å². The molecule has 20 heavy (non-hydrogen) atoms. The molecule has 1 N–H and O–H groups in total. The van der Waals surface area contributed by atoms with Crippen molar-refractivity contribution in [1.82, 2.24) is 5.32 Å². The molecule has 1 heterocycles. The van der Waals surface area contributed by atoms with Crippen LogP contribution in [-0.4, -0.2) is 17.0 Å². The first-order valence-corrected chi connectivity index (χ1v) is 8.26. The highest BCUT2D eigenvalue weighted by Gasteiger charge is 2.15. The Morgan fingerprint density at radius 2 is 2.05 bits per heavy atom. The van der Waals surface area contributed by atoms with Crippen molar-refractivity contribution >= 4 is 27.7 Å². The Balaban J connectivity index is 1.79. The molecule has 0 spiro atoms. The molecule has 3 heteroatoms. The van der Waals surface area contributed by atoms with E-state index in [4.69, 9.17) is 4.99 Å². The van der Waals surface area contributed by atoms with Crippen molar-refractivity contribution in [3.63, 3.8) is 0 Å². The van der Waals surface area contributed by atoms with Crippen LogP contribution in [0, 0.1) is 0 Å². The Labute approximate surface area is 124 Å². The summed E-state index contributed by atoms with van der Waals surface area (Å²) in [4.78, 5) is 4.77. The van der Waals surface area contributed by atoms with Gasteiger partial charge in [-0.15, -0.1) is 0 Å². The number of amidine groups is 1. The fourth-order valence-corrected chi connectivity index (χ4v) is 3.57. The van der Waals surface area contributed by atoms with Gasteiger partial charge in [0.05, 0.1) is 6.54 Å². The van der Waals surface area contributed by atoms with Crippen LogP contribution in [0.4, 0.5) is 0 Å². The summed E-state index contributed by atoms with van der Waals surface area (Å²) < 4.78 is 0. The maximum absolute atomic E-state index is 4.77. The Hall–Kier alpha value is -1.48. The lowest BCUT2D eigenvalue weighted by molar-refractivity contribution is 0.570. The molecule has 2 aromatic rings. The maximum atomic E-state index is 4.77. The molecule has 0 bridgehead atoms. The molecular weight excluding hydrogens is 264 g/mol. The molecule has 104 valence electrons. The van der Waals surface area contributed by atoms with Crippen LogP contribution < -0.4 is 5.32 Å². The van der Waals surface area contributed by atoms with Crippen LogP contribution in [-0.2, 0) is 6.54 Å². The normalized spacial score (nSPS) is 21.1. The largest absolute Gasteiger partial charge is 0.362 e. The van der Waals surface area contributed by atoms with Gasteiger partial charge in [0.15, 0.2) is 5.17 Å². The zero-order valence-corrected chi connectivity index (χ0v) is 12.6. The molecule has 1 aliphatic heterocycles. The van der Waals surface area contributed by atoms with Crippen molar-refractivity contribution in [2.24, 2.45) is 4.99 Å². The Morgan fingerprint density at radius 3 is 2.95 bits per heavy atom. The molecule has 0 saturated carbocycles. The summed E-state index contributed by atoms with van der Waals surface area (Å²) in [6.07, 6.45) is 2.42. The second kappa shape index (κ2) is 6.31. The highest BCUT2D eigenvalue weighted by molar-refractivity contribution is 8.13. The molecule has 0 aliphatic carbocycles. The summed E-state index contributed by atoms with van der Waals surface area (Å²) >= 11 is 1.85. The van der Waals surface area contributed by atoms with Gasteiger partial charge in [-0.1, -0.05) is 61.2 Å². The molecule has 2 aromatic carbocycles. The van der Waals surface area contributed by atoms with Crippen LogP contribution >= 0.6 is 11.8 Å². The van der Waals surface area contributed by atoms with Gasteiger partial charge >= 0.3 is 0 Å². The van der Waals surface area contributed by atoms with Crippen LogP contribution in [0.2, 0.25) is 0 Å². The van der Waals surface area contributed by atoms with Gasteiger partial charge in [-0.25, -0.2) is 0 Å². The van der Waals surface area contributed by atoms with Gasteiger partial charge in [0.2, 0.25) is 0 Å². The molecular formula is C17H20N2S. The molecule has 1 aliphatic rings. The highest BCUT2D eigenvalue weighted by Crippen LogP contribution is 2.21. The first-order valence-electron chi connectivity index (χ1n) is 7.27. The lowest BCUT2D eigenvalue weighted by Gasteiger charge is -2.24. The molecule has 2 nitrogen and oxygen atoms in total. The van der Waals surface area contributed by atoms with Crippen LogP contribution in [0.15, 0.2) is 47.5 Å². The molecule has 0 amide bonds. The number of nitrogens with one attached hydrogen (secondary N) is 1. The maximum Gasteiger partial charge on any atom is 0.157 e. The summed E-state index contributed by atoms with van der Waals surface area (Å²) in [5, 5.41) is 7.25. The Bertz CT molecular complexity index is 616. The van der Waals surface area contributed by atoms with Crippen molar-refractivity contribution in [3.05, 3.63) is 48.0 Å². The van der Waals surface area contributed by atoms with E-state index in [0.717, 1.165) is 11.7 Å². The van der Waals surface area contributed by atoms with Gasteiger partial charge in [0.1, 0.15) is 0 Å². The zero-order chi connectivity index (χ0) is 13.8. The van der Waals surface area contributed by atoms with Gasteiger partial charge in [0.25, 0.3) is 0 Å². The van der Waals surface area contributed by atoms with Crippen LogP contribution in [0.25, 0.3) is 10.8 Å². The minimum Gasteiger partial charge on any atom is -0.362 e. The minimum absolute atomic E-state index is 0.600. The SMILES string of the molecule is CCC1CCSC(=NCc2cccc3ccccc23)N1. The van der Waals surface area contributed by atoms with E-state index in [9.17, 15) is 0 Å². The van der Waals surface area contributed by atoms with E-state index >= 15 is 0 Å². The Kier molecular flexibility index (Phi) is 4.26. The lowest BCUT2D eigenvalue weighted by Crippen LogP contribution is -2.37. The third-order valence-corrected chi connectivity index (χ3v) is 4.76. The fraction of sp³-hybridized carbons (Fsp3) is 0.353. The number of thioether (sulfide) groups is 1. The van der Waals surface area contributed by atoms with Gasteiger partial charge in [-0.2, -0.15) is 0 Å². The third kappa shape index (κ3) is 2.98. The van der Waals surface area contributed by atoms with Crippen LogP contribution in [0.3, 0.4) is 0 Å². The topological polar surface area (TPSA) is 24.4 Å². The number of hydrogen-bond donors (Lipinski definition) is 1. The van der Waals surface area contributed by atoms with E-state index in [-0.39, 0.29) is 0 Å². The van der Waals surface area contributed by atoms with Gasteiger partial charge in [-0.05, 0) is 29.2 Å². The quantitative estimate of drug-likeness (QED) is 0.913. The highest BCUT2D eigenvalue weighted by atomic mass is 32.2. The first-order chi connectivity index (χ1) is 9.86. The number of fused-ring (bicyclic) bond motifs is 1. The summed E-state index contributed by atoms with van der Waals surface area (Å²) in [7, 11) is 0. The molecule has 0 radical (unpaired) electrons. The summed E-state index contributed by atoms with van der Waals surface area (Å²) in [5.41, 5.74) is 1.30. The van der Waals surface area contributed by atoms with E-state index in [1.165, 1.54) is 34.9 Å². The monoisotopic (exact) mass is 284 g/mol. The standard InChI is InChI=1S/C17H20N2S/c1-2-15-10-11-20-17(19-15)18-12-14-8-5-7-13-6-3-4-9-16(13)14/h3-9,15H,2,10-12H2,1H3,(H,18,19). The fourth-order valence-electron chi connectivity index (χ4n) is 2.57. The number of rotatable bonds is 3. The number of hydrogen-bond acceptors (Lipinski definition) is 2. The molecule has 1 saturated heterocycles. The zero-order valence-electron chi connectivity index (χ0n) is 11.8. The molecule has 1 unspecified atom stereocenters. The van der Waals surface area contributed by atoms with Crippen molar-refractivity contribution in [3.8, 4) is 0 Å². The van der Waals surface area contributed by atoms with Crippen LogP contribution in [0.1, 0.15) is 25.3 Å². The first kappa shape index (κ1) is 13.5. The van der Waals surface area contributed by atoms with E-state index in [0.29, 0.717) is 6.04 Å².